The normalized spacial score (nSPS) is 19.3. The van der Waals surface area contributed by atoms with E-state index >= 15 is 0 Å². The van der Waals surface area contributed by atoms with Gasteiger partial charge in [0, 0.05) is 38.8 Å². The zero-order valence-corrected chi connectivity index (χ0v) is 16.3. The molecule has 0 bridgehead atoms. The average molecular weight is 392 g/mol. The number of benzene rings is 2. The molecule has 0 amide bonds. The summed E-state index contributed by atoms with van der Waals surface area (Å²) >= 11 is 0. The SMILES string of the molecule is CN1CCN(CCCNS(=O)(=O)c2ccc(F)cc2)[C@H](c2ccccc2)C1. The summed E-state index contributed by atoms with van der Waals surface area (Å²) in [5, 5.41) is 0. The minimum Gasteiger partial charge on any atom is -0.303 e. The molecule has 0 aliphatic carbocycles. The average Bonchev–Trinajstić information content (AvgIpc) is 2.67. The minimum absolute atomic E-state index is 0.0886. The zero-order valence-electron chi connectivity index (χ0n) is 15.5. The van der Waals surface area contributed by atoms with E-state index in [1.54, 1.807) is 0 Å². The van der Waals surface area contributed by atoms with Crippen LogP contribution in [0.4, 0.5) is 4.39 Å². The quantitative estimate of drug-likeness (QED) is 0.737. The van der Waals surface area contributed by atoms with Crippen LogP contribution < -0.4 is 4.72 Å². The van der Waals surface area contributed by atoms with Gasteiger partial charge in [0.25, 0.3) is 0 Å². The van der Waals surface area contributed by atoms with Gasteiger partial charge in [0.1, 0.15) is 5.82 Å². The molecule has 2 aromatic rings. The number of nitrogens with one attached hydrogen (secondary N) is 1. The molecular formula is C20H26FN3O2S. The summed E-state index contributed by atoms with van der Waals surface area (Å²) in [5.41, 5.74) is 1.29. The highest BCUT2D eigenvalue weighted by atomic mass is 32.2. The molecule has 0 saturated carbocycles. The third kappa shape index (κ3) is 5.35. The fourth-order valence-electron chi connectivity index (χ4n) is 3.40. The highest BCUT2D eigenvalue weighted by Gasteiger charge is 2.26. The van der Waals surface area contributed by atoms with E-state index in [0.29, 0.717) is 19.0 Å². The van der Waals surface area contributed by atoms with Crippen molar-refractivity contribution in [1.82, 2.24) is 14.5 Å². The Kier molecular flexibility index (Phi) is 6.59. The van der Waals surface area contributed by atoms with Crippen LogP contribution in [0.5, 0.6) is 0 Å². The Balaban J connectivity index is 1.55. The van der Waals surface area contributed by atoms with Crippen molar-refractivity contribution in [1.29, 1.82) is 0 Å². The highest BCUT2D eigenvalue weighted by Crippen LogP contribution is 2.24. The molecule has 1 N–H and O–H groups in total. The molecule has 1 heterocycles. The predicted molar refractivity (Wildman–Crippen MR) is 104 cm³/mol. The molecule has 27 heavy (non-hydrogen) atoms. The lowest BCUT2D eigenvalue weighted by Gasteiger charge is -2.40. The second kappa shape index (κ2) is 8.93. The number of sulfonamides is 1. The molecule has 1 fully saturated rings. The molecular weight excluding hydrogens is 365 g/mol. The highest BCUT2D eigenvalue weighted by molar-refractivity contribution is 7.89. The summed E-state index contributed by atoms with van der Waals surface area (Å²) in [5.74, 6) is -0.448. The molecule has 0 spiro atoms. The lowest BCUT2D eigenvalue weighted by molar-refractivity contribution is 0.0892. The Hall–Kier alpha value is -1.80. The van der Waals surface area contributed by atoms with E-state index in [0.717, 1.165) is 38.3 Å². The second-order valence-corrected chi connectivity index (χ2v) is 8.70. The first-order valence-electron chi connectivity index (χ1n) is 9.18. The summed E-state index contributed by atoms with van der Waals surface area (Å²) < 4.78 is 40.1. The van der Waals surface area contributed by atoms with Crippen LogP contribution in [-0.2, 0) is 10.0 Å². The van der Waals surface area contributed by atoms with Crippen molar-refractivity contribution in [2.24, 2.45) is 0 Å². The van der Waals surface area contributed by atoms with Crippen molar-refractivity contribution in [2.75, 3.05) is 39.8 Å². The topological polar surface area (TPSA) is 52.6 Å². The first-order chi connectivity index (χ1) is 13.0. The maximum absolute atomic E-state index is 13.0. The van der Waals surface area contributed by atoms with Gasteiger partial charge in [-0.05, 0) is 43.3 Å². The monoisotopic (exact) mass is 391 g/mol. The smallest absolute Gasteiger partial charge is 0.240 e. The van der Waals surface area contributed by atoms with E-state index in [-0.39, 0.29) is 4.90 Å². The number of hydrogen-bond acceptors (Lipinski definition) is 4. The third-order valence-electron chi connectivity index (χ3n) is 4.92. The van der Waals surface area contributed by atoms with Gasteiger partial charge in [-0.2, -0.15) is 0 Å². The van der Waals surface area contributed by atoms with Gasteiger partial charge >= 0.3 is 0 Å². The van der Waals surface area contributed by atoms with Gasteiger partial charge in [-0.25, -0.2) is 17.5 Å². The van der Waals surface area contributed by atoms with Crippen molar-refractivity contribution >= 4 is 10.0 Å². The number of likely N-dealkylation sites (N-methyl/N-ethyl adjacent to an activating group) is 1. The standard InChI is InChI=1S/C20H26FN3O2S/c1-23-14-15-24(20(16-23)17-6-3-2-4-7-17)13-5-12-22-27(25,26)19-10-8-18(21)9-11-19/h2-4,6-11,20,22H,5,12-16H2,1H3/t20-/m0/s1. The van der Waals surface area contributed by atoms with Gasteiger partial charge in [-0.1, -0.05) is 30.3 Å². The molecule has 7 heteroatoms. The fraction of sp³-hybridized carbons (Fsp3) is 0.400. The van der Waals surface area contributed by atoms with Crippen LogP contribution >= 0.6 is 0 Å². The molecule has 1 atom stereocenters. The molecule has 3 rings (SSSR count). The molecule has 2 aromatic carbocycles. The van der Waals surface area contributed by atoms with Crippen LogP contribution in [0.2, 0.25) is 0 Å². The van der Waals surface area contributed by atoms with Crippen molar-refractivity contribution in [3.63, 3.8) is 0 Å². The van der Waals surface area contributed by atoms with E-state index in [1.165, 1.54) is 17.7 Å². The van der Waals surface area contributed by atoms with Gasteiger partial charge < -0.3 is 4.90 Å². The van der Waals surface area contributed by atoms with E-state index in [1.807, 2.05) is 6.07 Å². The van der Waals surface area contributed by atoms with Gasteiger partial charge in [0.15, 0.2) is 0 Å². The molecule has 0 aromatic heterocycles. The maximum Gasteiger partial charge on any atom is 0.240 e. The van der Waals surface area contributed by atoms with Crippen molar-refractivity contribution in [3.8, 4) is 0 Å². The summed E-state index contributed by atoms with van der Waals surface area (Å²) in [4.78, 5) is 4.83. The van der Waals surface area contributed by atoms with Crippen LogP contribution in [0.3, 0.4) is 0 Å². The first-order valence-corrected chi connectivity index (χ1v) is 10.7. The number of hydrogen-bond donors (Lipinski definition) is 1. The van der Waals surface area contributed by atoms with Crippen LogP contribution in [0, 0.1) is 5.82 Å². The first kappa shape index (κ1) is 19.9. The summed E-state index contributed by atoms with van der Waals surface area (Å²) in [6.07, 6.45) is 0.716. The maximum atomic E-state index is 13.0. The van der Waals surface area contributed by atoms with Crippen LogP contribution in [0.15, 0.2) is 59.5 Å². The summed E-state index contributed by atoms with van der Waals surface area (Å²) in [6.45, 7) is 4.10. The lowest BCUT2D eigenvalue weighted by Crippen LogP contribution is -2.47. The second-order valence-electron chi connectivity index (χ2n) is 6.93. The Morgan fingerprint density at radius 3 is 2.48 bits per heavy atom. The van der Waals surface area contributed by atoms with E-state index in [2.05, 4.69) is 45.8 Å². The van der Waals surface area contributed by atoms with Crippen LogP contribution in [0.1, 0.15) is 18.0 Å². The Morgan fingerprint density at radius 2 is 1.78 bits per heavy atom. The van der Waals surface area contributed by atoms with E-state index in [4.69, 9.17) is 0 Å². The van der Waals surface area contributed by atoms with E-state index < -0.39 is 15.8 Å². The zero-order chi connectivity index (χ0) is 19.3. The number of nitrogens with zero attached hydrogens (tertiary/aromatic N) is 2. The molecule has 5 nitrogen and oxygen atoms in total. The molecule has 1 saturated heterocycles. The van der Waals surface area contributed by atoms with Gasteiger partial charge in [0.05, 0.1) is 4.90 Å². The molecule has 146 valence electrons. The Morgan fingerprint density at radius 1 is 1.07 bits per heavy atom. The number of halogens is 1. The number of piperazine rings is 1. The molecule has 1 aliphatic heterocycles. The van der Waals surface area contributed by atoms with Crippen molar-refractivity contribution < 1.29 is 12.8 Å². The lowest BCUT2D eigenvalue weighted by atomic mass is 10.0. The Labute approximate surface area is 160 Å². The van der Waals surface area contributed by atoms with Gasteiger partial charge in [-0.3, -0.25) is 4.90 Å². The molecule has 0 unspecified atom stereocenters. The van der Waals surface area contributed by atoms with E-state index in [9.17, 15) is 12.8 Å². The van der Waals surface area contributed by atoms with Crippen molar-refractivity contribution in [3.05, 3.63) is 66.0 Å². The predicted octanol–water partition coefficient (Wildman–Crippen LogP) is 2.48. The largest absolute Gasteiger partial charge is 0.303 e. The fourth-order valence-corrected chi connectivity index (χ4v) is 4.48. The number of rotatable bonds is 7. The van der Waals surface area contributed by atoms with Gasteiger partial charge in [0.2, 0.25) is 10.0 Å². The van der Waals surface area contributed by atoms with Crippen LogP contribution in [-0.4, -0.2) is 58.0 Å². The summed E-state index contributed by atoms with van der Waals surface area (Å²) in [6, 6.07) is 15.6. The van der Waals surface area contributed by atoms with Gasteiger partial charge in [-0.15, -0.1) is 0 Å². The minimum atomic E-state index is -3.60. The summed E-state index contributed by atoms with van der Waals surface area (Å²) in [7, 11) is -1.47. The molecule has 1 aliphatic rings. The third-order valence-corrected chi connectivity index (χ3v) is 6.39. The molecule has 0 radical (unpaired) electrons. The Bertz CT molecular complexity index is 828. The van der Waals surface area contributed by atoms with Crippen LogP contribution in [0.25, 0.3) is 0 Å². The van der Waals surface area contributed by atoms with Crippen molar-refractivity contribution in [2.45, 2.75) is 17.4 Å².